The van der Waals surface area contributed by atoms with Crippen molar-refractivity contribution in [1.82, 2.24) is 14.3 Å². The van der Waals surface area contributed by atoms with Gasteiger partial charge in [0.05, 0.1) is 0 Å². The number of carbonyl (C=O) groups is 1. The van der Waals surface area contributed by atoms with E-state index in [4.69, 9.17) is 0 Å². The number of aromatic nitrogens is 3. The van der Waals surface area contributed by atoms with Crippen molar-refractivity contribution in [2.24, 2.45) is 5.92 Å². The molecule has 88 valence electrons. The maximum Gasteiger partial charge on any atom is 0.346 e. The Labute approximate surface area is 94.1 Å². The van der Waals surface area contributed by atoms with E-state index in [1.54, 1.807) is 4.57 Å². The molecule has 0 spiro atoms. The average Bonchev–Trinajstić information content (AvgIpc) is 2.56. The molecule has 0 N–H and O–H groups in total. The Hall–Kier alpha value is -1.39. The van der Waals surface area contributed by atoms with Crippen molar-refractivity contribution in [3.8, 4) is 0 Å². The topological polar surface area (TPSA) is 56.9 Å². The van der Waals surface area contributed by atoms with Crippen LogP contribution in [0.15, 0.2) is 4.79 Å². The predicted octanol–water partition coefficient (Wildman–Crippen LogP) is 0.606. The van der Waals surface area contributed by atoms with Crippen LogP contribution in [0, 0.1) is 5.92 Å². The van der Waals surface area contributed by atoms with E-state index < -0.39 is 0 Å². The lowest BCUT2D eigenvalue weighted by Crippen LogP contribution is -2.30. The zero-order valence-corrected chi connectivity index (χ0v) is 9.77. The number of rotatable bonds is 3. The summed E-state index contributed by atoms with van der Waals surface area (Å²) in [6, 6.07) is 0. The lowest BCUT2D eigenvalue weighted by Gasteiger charge is -2.09. The lowest BCUT2D eigenvalue weighted by molar-refractivity contribution is -0.122. The van der Waals surface area contributed by atoms with E-state index in [1.165, 1.54) is 4.68 Å². The van der Waals surface area contributed by atoms with Gasteiger partial charge in [-0.2, -0.15) is 5.10 Å². The van der Waals surface area contributed by atoms with Crippen LogP contribution in [0.25, 0.3) is 0 Å². The summed E-state index contributed by atoms with van der Waals surface area (Å²) >= 11 is 0. The van der Waals surface area contributed by atoms with Crippen molar-refractivity contribution in [2.75, 3.05) is 0 Å². The zero-order valence-electron chi connectivity index (χ0n) is 9.77. The van der Waals surface area contributed by atoms with E-state index in [1.807, 2.05) is 13.8 Å². The molecule has 1 aliphatic rings. The highest BCUT2D eigenvalue weighted by Crippen LogP contribution is 2.09. The first-order valence-corrected chi connectivity index (χ1v) is 5.79. The molecule has 0 saturated carbocycles. The van der Waals surface area contributed by atoms with Crippen molar-refractivity contribution < 1.29 is 4.79 Å². The summed E-state index contributed by atoms with van der Waals surface area (Å²) in [5.41, 5.74) is -0.135. The van der Waals surface area contributed by atoms with Gasteiger partial charge in [-0.15, -0.1) is 0 Å². The molecule has 0 radical (unpaired) electrons. The Morgan fingerprint density at radius 1 is 1.44 bits per heavy atom. The number of hydrogen-bond donors (Lipinski definition) is 0. The predicted molar refractivity (Wildman–Crippen MR) is 59.3 cm³/mol. The Bertz CT molecular complexity index is 456. The van der Waals surface area contributed by atoms with Gasteiger partial charge in [-0.25, -0.2) is 9.48 Å². The van der Waals surface area contributed by atoms with Crippen LogP contribution < -0.4 is 5.69 Å². The molecule has 0 aliphatic carbocycles. The largest absolute Gasteiger partial charge is 0.346 e. The maximum absolute atomic E-state index is 11.9. The standard InChI is InChI=1S/C11H17N3O2/c1-8(2)9(15)7-14-11(16)13-6-4-3-5-10(13)12-14/h8H,3-7H2,1-2H3. The third kappa shape index (κ3) is 1.94. The molecule has 1 aromatic heterocycles. The summed E-state index contributed by atoms with van der Waals surface area (Å²) in [6.07, 6.45) is 2.95. The first kappa shape index (κ1) is 11.1. The van der Waals surface area contributed by atoms with E-state index in [9.17, 15) is 9.59 Å². The van der Waals surface area contributed by atoms with Gasteiger partial charge in [0, 0.05) is 18.9 Å². The Morgan fingerprint density at radius 2 is 2.19 bits per heavy atom. The van der Waals surface area contributed by atoms with Crippen molar-refractivity contribution in [2.45, 2.75) is 46.2 Å². The van der Waals surface area contributed by atoms with Gasteiger partial charge in [0.25, 0.3) is 0 Å². The third-order valence-electron chi connectivity index (χ3n) is 2.98. The van der Waals surface area contributed by atoms with Crippen LogP contribution in [-0.4, -0.2) is 20.1 Å². The van der Waals surface area contributed by atoms with Gasteiger partial charge < -0.3 is 0 Å². The first-order valence-electron chi connectivity index (χ1n) is 5.79. The minimum absolute atomic E-state index is 0.0503. The fourth-order valence-electron chi connectivity index (χ4n) is 1.88. The highest BCUT2D eigenvalue weighted by molar-refractivity contribution is 5.79. The third-order valence-corrected chi connectivity index (χ3v) is 2.98. The van der Waals surface area contributed by atoms with E-state index in [2.05, 4.69) is 5.10 Å². The number of nitrogens with zero attached hydrogens (tertiary/aromatic N) is 3. The average molecular weight is 223 g/mol. The van der Waals surface area contributed by atoms with Crippen LogP contribution in [0.4, 0.5) is 0 Å². The number of Topliss-reactive ketones (excluding diaryl/α,β-unsaturated/α-hetero) is 1. The summed E-state index contributed by atoms with van der Waals surface area (Å²) in [5, 5.41) is 4.22. The van der Waals surface area contributed by atoms with Gasteiger partial charge in [0.2, 0.25) is 0 Å². The molecule has 2 rings (SSSR count). The molecule has 1 aromatic rings. The molecule has 0 atom stereocenters. The fraction of sp³-hybridized carbons (Fsp3) is 0.727. The Morgan fingerprint density at radius 3 is 2.81 bits per heavy atom. The number of carbonyl (C=O) groups excluding carboxylic acids is 1. The van der Waals surface area contributed by atoms with Gasteiger partial charge in [-0.3, -0.25) is 9.36 Å². The van der Waals surface area contributed by atoms with Crippen molar-refractivity contribution >= 4 is 5.78 Å². The van der Waals surface area contributed by atoms with Crippen LogP contribution in [0.5, 0.6) is 0 Å². The molecule has 0 bridgehead atoms. The molecule has 16 heavy (non-hydrogen) atoms. The summed E-state index contributed by atoms with van der Waals surface area (Å²) in [5.74, 6) is 0.830. The summed E-state index contributed by atoms with van der Waals surface area (Å²) in [6.45, 7) is 4.52. The van der Waals surface area contributed by atoms with Crippen molar-refractivity contribution in [3.63, 3.8) is 0 Å². The maximum atomic E-state index is 11.9. The lowest BCUT2D eigenvalue weighted by atomic mass is 10.1. The van der Waals surface area contributed by atoms with E-state index in [-0.39, 0.29) is 23.9 Å². The number of aryl methyl sites for hydroxylation is 1. The highest BCUT2D eigenvalue weighted by atomic mass is 16.2. The van der Waals surface area contributed by atoms with E-state index in [0.29, 0.717) is 0 Å². The zero-order chi connectivity index (χ0) is 11.7. The van der Waals surface area contributed by atoms with Gasteiger partial charge >= 0.3 is 5.69 Å². The quantitative estimate of drug-likeness (QED) is 0.754. The van der Waals surface area contributed by atoms with Crippen molar-refractivity contribution in [3.05, 3.63) is 16.3 Å². The normalized spacial score (nSPS) is 15.2. The smallest absolute Gasteiger partial charge is 0.297 e. The molecular formula is C11H17N3O2. The molecule has 5 heteroatoms. The molecule has 0 saturated heterocycles. The summed E-state index contributed by atoms with van der Waals surface area (Å²) < 4.78 is 3.00. The van der Waals surface area contributed by atoms with Gasteiger partial charge in [0.15, 0.2) is 5.78 Å². The first-order chi connectivity index (χ1) is 7.59. The number of ketones is 1. The number of hydrogen-bond acceptors (Lipinski definition) is 3. The van der Waals surface area contributed by atoms with Crippen LogP contribution in [0.1, 0.15) is 32.5 Å². The second-order valence-corrected chi connectivity index (χ2v) is 4.59. The van der Waals surface area contributed by atoms with E-state index in [0.717, 1.165) is 31.6 Å². The molecule has 0 amide bonds. The number of fused-ring (bicyclic) bond motifs is 1. The summed E-state index contributed by atoms with van der Waals surface area (Å²) in [4.78, 5) is 23.5. The minimum Gasteiger partial charge on any atom is -0.297 e. The van der Waals surface area contributed by atoms with Crippen molar-refractivity contribution in [1.29, 1.82) is 0 Å². The van der Waals surface area contributed by atoms with Crippen LogP contribution in [0.2, 0.25) is 0 Å². The van der Waals surface area contributed by atoms with E-state index >= 15 is 0 Å². The fourth-order valence-corrected chi connectivity index (χ4v) is 1.88. The molecule has 2 heterocycles. The molecule has 0 aromatic carbocycles. The molecular weight excluding hydrogens is 206 g/mol. The highest BCUT2D eigenvalue weighted by Gasteiger charge is 2.18. The Balaban J connectivity index is 2.26. The van der Waals surface area contributed by atoms with Gasteiger partial charge in [-0.05, 0) is 12.8 Å². The minimum atomic E-state index is -0.135. The van der Waals surface area contributed by atoms with Crippen LogP contribution in [0.3, 0.4) is 0 Å². The summed E-state index contributed by atoms with van der Waals surface area (Å²) in [7, 11) is 0. The molecule has 0 fully saturated rings. The van der Waals surface area contributed by atoms with Crippen LogP contribution >= 0.6 is 0 Å². The molecule has 1 aliphatic heterocycles. The van der Waals surface area contributed by atoms with Gasteiger partial charge in [-0.1, -0.05) is 13.8 Å². The van der Waals surface area contributed by atoms with Gasteiger partial charge in [0.1, 0.15) is 12.4 Å². The monoisotopic (exact) mass is 223 g/mol. The second kappa shape index (κ2) is 4.23. The van der Waals surface area contributed by atoms with Crippen LogP contribution in [-0.2, 0) is 24.3 Å². The Kier molecular flexibility index (Phi) is 2.94. The molecule has 0 unspecified atom stereocenters. The SMILES string of the molecule is CC(C)C(=O)Cn1nc2n(c1=O)CCCC2. The molecule has 5 nitrogen and oxygen atoms in total. The second-order valence-electron chi connectivity index (χ2n) is 4.59.